The normalized spacial score (nSPS) is 15.9. The van der Waals surface area contributed by atoms with Gasteiger partial charge in [0, 0.05) is 17.5 Å². The molecule has 1 saturated carbocycles. The lowest BCUT2D eigenvalue weighted by atomic mass is 9.98. The van der Waals surface area contributed by atoms with Gasteiger partial charge in [-0.15, -0.1) is 23.7 Å². The van der Waals surface area contributed by atoms with E-state index in [9.17, 15) is 9.18 Å². The largest absolute Gasteiger partial charge is 0.317 e. The maximum atomic E-state index is 13.6. The summed E-state index contributed by atoms with van der Waals surface area (Å²) in [6.07, 6.45) is 5.54. The molecule has 1 aliphatic rings. The van der Waals surface area contributed by atoms with Crippen molar-refractivity contribution in [3.63, 3.8) is 0 Å². The molecule has 1 fully saturated rings. The fourth-order valence-corrected chi connectivity index (χ4v) is 3.56. The lowest BCUT2D eigenvalue weighted by Gasteiger charge is -2.21. The van der Waals surface area contributed by atoms with E-state index in [4.69, 9.17) is 5.73 Å². The molecule has 23 heavy (non-hydrogen) atoms. The number of nitrogens with one attached hydrogen (secondary N) is 1. The molecule has 0 saturated heterocycles. The Kier molecular flexibility index (Phi) is 5.73. The molecular weight excluding hydrogens is 337 g/mol. The monoisotopic (exact) mass is 355 g/mol. The minimum atomic E-state index is -0.766. The second kappa shape index (κ2) is 7.38. The van der Waals surface area contributed by atoms with Crippen molar-refractivity contribution in [1.29, 1.82) is 0 Å². The third-order valence-electron chi connectivity index (χ3n) is 4.04. The molecule has 1 aliphatic carbocycles. The van der Waals surface area contributed by atoms with Crippen LogP contribution in [0.25, 0.3) is 0 Å². The van der Waals surface area contributed by atoms with Crippen molar-refractivity contribution in [3.8, 4) is 0 Å². The lowest BCUT2D eigenvalue weighted by Crippen LogP contribution is -2.48. The summed E-state index contributed by atoms with van der Waals surface area (Å²) in [6.45, 7) is 0. The average Bonchev–Trinajstić information content (AvgIpc) is 3.12. The fourth-order valence-electron chi connectivity index (χ4n) is 2.73. The molecule has 1 aromatic carbocycles. The topological polar surface area (TPSA) is 68.0 Å². The second-order valence-electron chi connectivity index (χ2n) is 5.72. The summed E-state index contributed by atoms with van der Waals surface area (Å²) in [5.41, 5.74) is 5.97. The van der Waals surface area contributed by atoms with Crippen molar-refractivity contribution in [2.24, 2.45) is 5.73 Å². The predicted octanol–water partition coefficient (Wildman–Crippen LogP) is 3.50. The zero-order chi connectivity index (χ0) is 15.6. The first-order valence-electron chi connectivity index (χ1n) is 7.35. The van der Waals surface area contributed by atoms with Crippen LogP contribution in [0.2, 0.25) is 0 Å². The number of halogens is 2. The fraction of sp³-hybridized carbons (Fsp3) is 0.375. The number of hydrogen-bond acceptors (Lipinski definition) is 4. The van der Waals surface area contributed by atoms with Crippen LogP contribution in [0.15, 0.2) is 30.5 Å². The molecule has 0 bridgehead atoms. The number of aromatic nitrogens is 1. The smallest absolute Gasteiger partial charge is 0.246 e. The molecule has 0 spiro atoms. The summed E-state index contributed by atoms with van der Waals surface area (Å²) >= 11 is 1.36. The highest BCUT2D eigenvalue weighted by Crippen LogP contribution is 2.29. The number of anilines is 1. The summed E-state index contributed by atoms with van der Waals surface area (Å²) in [4.78, 5) is 17.3. The second-order valence-corrected chi connectivity index (χ2v) is 6.83. The molecule has 2 aromatic rings. The summed E-state index contributed by atoms with van der Waals surface area (Å²) in [5, 5.41) is 3.32. The van der Waals surface area contributed by atoms with Crippen LogP contribution in [-0.2, 0) is 11.2 Å². The number of carbonyl (C=O) groups excluding carboxylic acids is 1. The highest BCUT2D eigenvalue weighted by molar-refractivity contribution is 7.15. The molecular formula is C16H19ClFN3OS. The minimum absolute atomic E-state index is 0. The summed E-state index contributed by atoms with van der Waals surface area (Å²) < 4.78 is 13.6. The molecule has 1 amide bonds. The Labute approximate surface area is 144 Å². The van der Waals surface area contributed by atoms with Crippen LogP contribution in [0.5, 0.6) is 0 Å². The van der Waals surface area contributed by atoms with Crippen molar-refractivity contribution in [3.05, 3.63) is 46.7 Å². The van der Waals surface area contributed by atoms with Gasteiger partial charge in [0.05, 0.1) is 5.54 Å². The summed E-state index contributed by atoms with van der Waals surface area (Å²) in [7, 11) is 0. The van der Waals surface area contributed by atoms with Crippen LogP contribution in [0.4, 0.5) is 9.52 Å². The number of thiazole rings is 1. The summed E-state index contributed by atoms with van der Waals surface area (Å²) in [5.74, 6) is -0.398. The number of benzene rings is 1. The van der Waals surface area contributed by atoms with Crippen molar-refractivity contribution in [2.75, 3.05) is 5.32 Å². The van der Waals surface area contributed by atoms with Gasteiger partial charge in [-0.1, -0.05) is 31.0 Å². The van der Waals surface area contributed by atoms with E-state index >= 15 is 0 Å². The van der Waals surface area contributed by atoms with Gasteiger partial charge in [-0.3, -0.25) is 4.79 Å². The van der Waals surface area contributed by atoms with E-state index in [1.165, 1.54) is 17.4 Å². The molecule has 0 atom stereocenters. The third-order valence-corrected chi connectivity index (χ3v) is 4.96. The van der Waals surface area contributed by atoms with E-state index in [0.29, 0.717) is 30.0 Å². The number of rotatable bonds is 4. The van der Waals surface area contributed by atoms with Crippen LogP contribution >= 0.6 is 23.7 Å². The van der Waals surface area contributed by atoms with Gasteiger partial charge in [-0.25, -0.2) is 9.37 Å². The molecule has 7 heteroatoms. The molecule has 0 radical (unpaired) electrons. The van der Waals surface area contributed by atoms with Crippen LogP contribution in [-0.4, -0.2) is 16.4 Å². The molecule has 1 aromatic heterocycles. The standard InChI is InChI=1S/C16H18FN3OS.ClH/c17-13-6-2-1-5-11(13)9-12-10-19-15(22-12)20-14(21)16(18)7-3-4-8-16;/h1-2,5-6,10H,3-4,7-9,18H2,(H,19,20,21);1H. The van der Waals surface area contributed by atoms with E-state index < -0.39 is 5.54 Å². The zero-order valence-electron chi connectivity index (χ0n) is 12.5. The first kappa shape index (κ1) is 17.8. The highest BCUT2D eigenvalue weighted by Gasteiger charge is 2.37. The molecule has 0 unspecified atom stereocenters. The van der Waals surface area contributed by atoms with Crippen LogP contribution in [0, 0.1) is 5.82 Å². The van der Waals surface area contributed by atoms with Gasteiger partial charge in [0.25, 0.3) is 0 Å². The molecule has 124 valence electrons. The van der Waals surface area contributed by atoms with E-state index in [1.54, 1.807) is 24.4 Å². The Morgan fingerprint density at radius 3 is 2.74 bits per heavy atom. The lowest BCUT2D eigenvalue weighted by molar-refractivity contribution is -0.121. The molecule has 1 heterocycles. The maximum absolute atomic E-state index is 13.6. The number of nitrogens with zero attached hydrogens (tertiary/aromatic N) is 1. The van der Waals surface area contributed by atoms with Crippen LogP contribution in [0.3, 0.4) is 0 Å². The molecule has 4 nitrogen and oxygen atoms in total. The van der Waals surface area contributed by atoms with Crippen molar-refractivity contribution in [1.82, 2.24) is 4.98 Å². The minimum Gasteiger partial charge on any atom is -0.317 e. The quantitative estimate of drug-likeness (QED) is 0.881. The van der Waals surface area contributed by atoms with E-state index in [-0.39, 0.29) is 24.1 Å². The number of carbonyl (C=O) groups is 1. The highest BCUT2D eigenvalue weighted by atomic mass is 35.5. The van der Waals surface area contributed by atoms with E-state index in [2.05, 4.69) is 10.3 Å². The Bertz CT molecular complexity index is 685. The van der Waals surface area contributed by atoms with Gasteiger partial charge < -0.3 is 11.1 Å². The van der Waals surface area contributed by atoms with Gasteiger partial charge in [0.15, 0.2) is 5.13 Å². The van der Waals surface area contributed by atoms with Gasteiger partial charge in [0.1, 0.15) is 5.82 Å². The van der Waals surface area contributed by atoms with Gasteiger partial charge >= 0.3 is 0 Å². The first-order chi connectivity index (χ1) is 10.6. The van der Waals surface area contributed by atoms with Crippen molar-refractivity contribution in [2.45, 2.75) is 37.6 Å². The predicted molar refractivity (Wildman–Crippen MR) is 92.6 cm³/mol. The number of nitrogens with two attached hydrogens (primary N) is 1. The van der Waals surface area contributed by atoms with E-state index in [1.807, 2.05) is 0 Å². The Morgan fingerprint density at radius 2 is 2.04 bits per heavy atom. The number of hydrogen-bond donors (Lipinski definition) is 2. The van der Waals surface area contributed by atoms with Crippen LogP contribution < -0.4 is 11.1 Å². The third kappa shape index (κ3) is 4.07. The first-order valence-corrected chi connectivity index (χ1v) is 8.17. The molecule has 3 N–H and O–H groups in total. The van der Waals surface area contributed by atoms with Gasteiger partial charge in [-0.05, 0) is 24.5 Å². The zero-order valence-corrected chi connectivity index (χ0v) is 14.2. The molecule has 0 aliphatic heterocycles. The molecule has 3 rings (SSSR count). The Balaban J connectivity index is 0.00000192. The van der Waals surface area contributed by atoms with Crippen LogP contribution in [0.1, 0.15) is 36.1 Å². The SMILES string of the molecule is Cl.NC1(C(=O)Nc2ncc(Cc3ccccc3F)s2)CCCC1. The Hall–Kier alpha value is -1.50. The van der Waals surface area contributed by atoms with Gasteiger partial charge in [-0.2, -0.15) is 0 Å². The van der Waals surface area contributed by atoms with Gasteiger partial charge in [0.2, 0.25) is 5.91 Å². The maximum Gasteiger partial charge on any atom is 0.246 e. The average molecular weight is 356 g/mol. The van der Waals surface area contributed by atoms with E-state index in [0.717, 1.165) is 17.7 Å². The van der Waals surface area contributed by atoms with Crippen molar-refractivity contribution < 1.29 is 9.18 Å². The van der Waals surface area contributed by atoms with Crippen molar-refractivity contribution >= 4 is 34.8 Å². The summed E-state index contributed by atoms with van der Waals surface area (Å²) in [6, 6.07) is 6.66. The Morgan fingerprint density at radius 1 is 1.35 bits per heavy atom. The number of amides is 1.